The van der Waals surface area contributed by atoms with Gasteiger partial charge in [-0.05, 0) is 36.1 Å². The van der Waals surface area contributed by atoms with Gasteiger partial charge in [-0.2, -0.15) is 23.4 Å². The Hall–Kier alpha value is -4.15. The molecule has 0 spiro atoms. The number of alkyl halides is 3. The highest BCUT2D eigenvalue weighted by Gasteiger charge is 2.42. The van der Waals surface area contributed by atoms with Gasteiger partial charge in [-0.15, -0.1) is 0 Å². The molecule has 1 unspecified atom stereocenters. The summed E-state index contributed by atoms with van der Waals surface area (Å²) >= 11 is 0. The summed E-state index contributed by atoms with van der Waals surface area (Å²) < 4.78 is 39.2. The molecular formula is C27H27F3N8. The number of nitrogens with one attached hydrogen (secondary N) is 1. The van der Waals surface area contributed by atoms with Gasteiger partial charge in [-0.1, -0.05) is 32.0 Å². The molecule has 2 aliphatic heterocycles. The summed E-state index contributed by atoms with van der Waals surface area (Å²) in [6.45, 7) is 5.32. The van der Waals surface area contributed by atoms with Gasteiger partial charge in [0.25, 0.3) is 0 Å². The quantitative estimate of drug-likeness (QED) is 0.381. The zero-order chi connectivity index (χ0) is 26.4. The van der Waals surface area contributed by atoms with E-state index in [9.17, 15) is 13.2 Å². The third-order valence-corrected chi connectivity index (χ3v) is 7.24. The number of pyridine rings is 1. The number of aromatic amines is 1. The molecule has 11 heteroatoms. The predicted molar refractivity (Wildman–Crippen MR) is 141 cm³/mol. The maximum absolute atomic E-state index is 13.1. The molecule has 8 nitrogen and oxygen atoms in total. The van der Waals surface area contributed by atoms with E-state index in [1.807, 2.05) is 28.3 Å². The summed E-state index contributed by atoms with van der Waals surface area (Å²) in [7, 11) is 0. The van der Waals surface area contributed by atoms with Crippen molar-refractivity contribution in [2.45, 2.75) is 45.3 Å². The lowest BCUT2D eigenvalue weighted by molar-refractivity contribution is -0.138. The van der Waals surface area contributed by atoms with Gasteiger partial charge in [0.2, 0.25) is 5.95 Å². The Bertz CT molecular complexity index is 1470. The van der Waals surface area contributed by atoms with Crippen molar-refractivity contribution in [2.24, 2.45) is 5.10 Å². The van der Waals surface area contributed by atoms with Crippen LogP contribution in [0.25, 0.3) is 11.0 Å². The first-order chi connectivity index (χ1) is 18.4. The van der Waals surface area contributed by atoms with Gasteiger partial charge in [0.15, 0.2) is 0 Å². The first-order valence-electron chi connectivity index (χ1n) is 12.7. The van der Waals surface area contributed by atoms with Crippen LogP contribution in [0.5, 0.6) is 0 Å². The third kappa shape index (κ3) is 4.02. The van der Waals surface area contributed by atoms with Crippen molar-refractivity contribution in [1.82, 2.24) is 19.9 Å². The van der Waals surface area contributed by atoms with Crippen LogP contribution in [0, 0.1) is 0 Å². The molecule has 1 fully saturated rings. The maximum Gasteiger partial charge on any atom is 0.419 e. The molecule has 0 radical (unpaired) electrons. The lowest BCUT2D eigenvalue weighted by atomic mass is 10.0. The van der Waals surface area contributed by atoms with Crippen LogP contribution in [-0.2, 0) is 19.0 Å². The molecular weight excluding hydrogens is 493 g/mol. The smallest absolute Gasteiger partial charge is 0.346 e. The van der Waals surface area contributed by atoms with Crippen LogP contribution in [0.1, 0.15) is 37.0 Å². The SMILES string of the molecule is CCc1cccc(CC)c1N1N=C2CCN(c3ncc(C(F)(F)F)cn3)CC2N1c1ccnc2[nH]ccc12. The molecule has 0 saturated carbocycles. The lowest BCUT2D eigenvalue weighted by Gasteiger charge is -2.39. The number of hydrazone groups is 1. The molecule has 2 aliphatic rings. The van der Waals surface area contributed by atoms with E-state index >= 15 is 0 Å². The number of rotatable bonds is 5. The van der Waals surface area contributed by atoms with Gasteiger partial charge >= 0.3 is 6.18 Å². The monoisotopic (exact) mass is 520 g/mol. The minimum absolute atomic E-state index is 0.162. The fourth-order valence-corrected chi connectivity index (χ4v) is 5.32. The van der Waals surface area contributed by atoms with E-state index in [1.54, 1.807) is 6.20 Å². The highest BCUT2D eigenvalue weighted by atomic mass is 19.4. The summed E-state index contributed by atoms with van der Waals surface area (Å²) in [4.78, 5) is 17.7. The summed E-state index contributed by atoms with van der Waals surface area (Å²) in [5, 5.41) is 10.3. The zero-order valence-corrected chi connectivity index (χ0v) is 21.1. The minimum Gasteiger partial charge on any atom is -0.346 e. The number of hydrazine groups is 1. The molecule has 3 aromatic heterocycles. The summed E-state index contributed by atoms with van der Waals surface area (Å²) in [6.07, 6.45) is 3.20. The van der Waals surface area contributed by atoms with Crippen LogP contribution in [0.15, 0.2) is 60.2 Å². The second-order valence-corrected chi connectivity index (χ2v) is 9.41. The van der Waals surface area contributed by atoms with Crippen LogP contribution in [0.3, 0.4) is 0 Å². The Kier molecular flexibility index (Phi) is 5.93. The Labute approximate surface area is 217 Å². The van der Waals surface area contributed by atoms with E-state index in [4.69, 9.17) is 5.10 Å². The summed E-state index contributed by atoms with van der Waals surface area (Å²) in [5.74, 6) is 0.278. The van der Waals surface area contributed by atoms with Gasteiger partial charge in [0, 0.05) is 49.7 Å². The van der Waals surface area contributed by atoms with Crippen LogP contribution in [-0.4, -0.2) is 44.8 Å². The number of anilines is 3. The molecule has 0 aliphatic carbocycles. The fraction of sp³-hybridized carbons (Fsp3) is 0.333. The number of benzene rings is 1. The number of H-pyrrole nitrogens is 1. The van der Waals surface area contributed by atoms with Crippen LogP contribution in [0.4, 0.5) is 30.5 Å². The second kappa shape index (κ2) is 9.30. The van der Waals surface area contributed by atoms with Gasteiger partial charge in [-0.25, -0.2) is 15.0 Å². The molecule has 0 amide bonds. The van der Waals surface area contributed by atoms with Gasteiger partial charge < -0.3 is 9.88 Å². The highest BCUT2D eigenvalue weighted by Crippen LogP contribution is 2.39. The van der Waals surface area contributed by atoms with E-state index in [2.05, 4.69) is 57.0 Å². The van der Waals surface area contributed by atoms with E-state index < -0.39 is 11.7 Å². The second-order valence-electron chi connectivity index (χ2n) is 9.41. The van der Waals surface area contributed by atoms with Crippen molar-refractivity contribution in [3.8, 4) is 0 Å². The maximum atomic E-state index is 13.1. The predicted octanol–water partition coefficient (Wildman–Crippen LogP) is 5.37. The highest BCUT2D eigenvalue weighted by molar-refractivity contribution is 6.02. The van der Waals surface area contributed by atoms with E-state index in [0.717, 1.165) is 53.4 Å². The number of hydrogen-bond acceptors (Lipinski definition) is 7. The van der Waals surface area contributed by atoms with E-state index in [0.29, 0.717) is 19.5 Å². The van der Waals surface area contributed by atoms with E-state index in [1.165, 1.54) is 11.1 Å². The first-order valence-corrected chi connectivity index (χ1v) is 12.7. The Morgan fingerprint density at radius 2 is 1.74 bits per heavy atom. The minimum atomic E-state index is -4.48. The molecule has 0 bridgehead atoms. The average Bonchev–Trinajstić information content (AvgIpc) is 3.56. The van der Waals surface area contributed by atoms with Crippen molar-refractivity contribution in [1.29, 1.82) is 0 Å². The molecule has 196 valence electrons. The van der Waals surface area contributed by atoms with Gasteiger partial charge in [0.1, 0.15) is 11.7 Å². The molecule has 1 atom stereocenters. The Morgan fingerprint density at radius 3 is 2.42 bits per heavy atom. The molecule has 6 rings (SSSR count). The topological polar surface area (TPSA) is 76.5 Å². The number of aromatic nitrogens is 4. The summed E-state index contributed by atoms with van der Waals surface area (Å²) in [5.41, 5.74) is 5.33. The van der Waals surface area contributed by atoms with Gasteiger partial charge in [0.05, 0.1) is 22.6 Å². The average molecular weight is 521 g/mol. The van der Waals surface area contributed by atoms with Crippen molar-refractivity contribution < 1.29 is 13.2 Å². The van der Waals surface area contributed by atoms with Crippen molar-refractivity contribution in [3.05, 3.63) is 71.8 Å². The molecule has 1 saturated heterocycles. The number of halogens is 3. The standard InChI is InChI=1S/C27H27F3N8/c1-3-17-6-5-7-18(4-2)24(17)38-35-21-10-13-36(26-33-14-19(15-34-26)27(28,29)30)16-23(21)37(38)22-9-12-32-25-20(22)8-11-31-25/h5-9,11-12,14-15,23H,3-4,10,13,16H2,1-2H3,(H,31,32). The molecule has 4 aromatic rings. The normalized spacial score (nSPS) is 17.8. The van der Waals surface area contributed by atoms with Gasteiger partial charge in [-0.3, -0.25) is 5.01 Å². The van der Waals surface area contributed by atoms with Crippen LogP contribution >= 0.6 is 0 Å². The largest absolute Gasteiger partial charge is 0.419 e. The van der Waals surface area contributed by atoms with Crippen LogP contribution in [0.2, 0.25) is 0 Å². The van der Waals surface area contributed by atoms with Crippen molar-refractivity contribution >= 4 is 34.1 Å². The molecule has 1 aromatic carbocycles. The zero-order valence-electron chi connectivity index (χ0n) is 21.1. The third-order valence-electron chi connectivity index (χ3n) is 7.24. The number of piperidine rings is 1. The molecule has 1 N–H and O–H groups in total. The number of nitrogens with zero attached hydrogens (tertiary/aromatic N) is 7. The van der Waals surface area contributed by atoms with Crippen LogP contribution < -0.4 is 15.0 Å². The number of fused-ring (bicyclic) bond motifs is 2. The van der Waals surface area contributed by atoms with Crippen molar-refractivity contribution in [3.63, 3.8) is 0 Å². The fourth-order valence-electron chi connectivity index (χ4n) is 5.32. The number of aryl methyl sites for hydroxylation is 2. The number of para-hydroxylation sites is 1. The number of hydrogen-bond donors (Lipinski definition) is 1. The van der Waals surface area contributed by atoms with Crippen molar-refractivity contribution in [2.75, 3.05) is 28.1 Å². The van der Waals surface area contributed by atoms with E-state index in [-0.39, 0.29) is 12.0 Å². The lowest BCUT2D eigenvalue weighted by Crippen LogP contribution is -2.53. The summed E-state index contributed by atoms with van der Waals surface area (Å²) in [6, 6.07) is 10.2. The Balaban J connectivity index is 1.44. The first kappa shape index (κ1) is 24.2. The Morgan fingerprint density at radius 1 is 1.00 bits per heavy atom. The molecule has 38 heavy (non-hydrogen) atoms. The molecule has 5 heterocycles.